The predicted octanol–water partition coefficient (Wildman–Crippen LogP) is 3.70. The van der Waals surface area contributed by atoms with Crippen molar-refractivity contribution in [1.29, 1.82) is 0 Å². The number of halogens is 1. The van der Waals surface area contributed by atoms with Crippen LogP contribution in [0.5, 0.6) is 5.88 Å². The minimum absolute atomic E-state index is 0.00252. The van der Waals surface area contributed by atoms with Crippen molar-refractivity contribution in [3.05, 3.63) is 52.7 Å². The summed E-state index contributed by atoms with van der Waals surface area (Å²) >= 11 is 5.86. The number of carbonyl (C=O) groups is 2. The third-order valence-electron chi connectivity index (χ3n) is 5.59. The van der Waals surface area contributed by atoms with Crippen LogP contribution in [-0.4, -0.2) is 29.4 Å². The van der Waals surface area contributed by atoms with Gasteiger partial charge in [0.25, 0.3) is 5.91 Å². The molecule has 2 aromatic rings. The first-order valence-electron chi connectivity index (χ1n) is 9.54. The van der Waals surface area contributed by atoms with E-state index in [4.69, 9.17) is 16.3 Å². The summed E-state index contributed by atoms with van der Waals surface area (Å²) in [4.78, 5) is 29.2. The lowest BCUT2D eigenvalue weighted by atomic mass is 9.69. The van der Waals surface area contributed by atoms with E-state index in [1.165, 1.54) is 0 Å². The van der Waals surface area contributed by atoms with Crippen LogP contribution in [0.15, 0.2) is 36.5 Å². The summed E-state index contributed by atoms with van der Waals surface area (Å²) in [6.07, 6.45) is 4.38. The van der Waals surface area contributed by atoms with Crippen LogP contribution in [0.25, 0.3) is 0 Å². The normalized spacial score (nSPS) is 23.2. The van der Waals surface area contributed by atoms with Crippen LogP contribution in [0, 0.1) is 0 Å². The van der Waals surface area contributed by atoms with E-state index in [1.807, 2.05) is 19.1 Å². The van der Waals surface area contributed by atoms with E-state index in [0.717, 1.165) is 24.1 Å². The molecule has 2 N–H and O–H groups in total. The molecule has 1 aliphatic heterocycles. The monoisotopic (exact) mass is 399 g/mol. The van der Waals surface area contributed by atoms with Gasteiger partial charge in [0.15, 0.2) is 0 Å². The molecule has 2 amide bonds. The average molecular weight is 400 g/mol. The van der Waals surface area contributed by atoms with E-state index >= 15 is 0 Å². The summed E-state index contributed by atoms with van der Waals surface area (Å²) in [5.41, 5.74) is 1.71. The Balaban J connectivity index is 1.52. The molecule has 4 rings (SSSR count). The number of benzene rings is 1. The Morgan fingerprint density at radius 2 is 2.11 bits per heavy atom. The molecule has 0 radical (unpaired) electrons. The standard InChI is InChI=1S/C21H22ClN3O3/c1-2-23-19(26)13-3-5-17-16(11-13)21(20(27)25-17)9-7-15(8-10-21)28-18-6-4-14(22)12-24-18/h3-6,11-12,15H,2,7-10H2,1H3,(H,23,26)(H,25,27). The van der Waals surface area contributed by atoms with E-state index in [0.29, 0.717) is 35.9 Å². The topological polar surface area (TPSA) is 80.3 Å². The Morgan fingerprint density at radius 3 is 2.79 bits per heavy atom. The number of amides is 2. The zero-order chi connectivity index (χ0) is 19.7. The van der Waals surface area contributed by atoms with E-state index in [1.54, 1.807) is 24.4 Å². The van der Waals surface area contributed by atoms with Gasteiger partial charge in [-0.15, -0.1) is 0 Å². The third kappa shape index (κ3) is 3.33. The number of anilines is 1. The summed E-state index contributed by atoms with van der Waals surface area (Å²) in [5.74, 6) is 0.435. The lowest BCUT2D eigenvalue weighted by Gasteiger charge is -2.35. The Morgan fingerprint density at radius 1 is 1.32 bits per heavy atom. The molecule has 1 spiro atoms. The zero-order valence-corrected chi connectivity index (χ0v) is 16.4. The second-order valence-electron chi connectivity index (χ2n) is 7.29. The highest BCUT2D eigenvalue weighted by Crippen LogP contribution is 2.48. The molecule has 1 aromatic heterocycles. The number of carbonyl (C=O) groups excluding carboxylic acids is 2. The molecule has 146 valence electrons. The van der Waals surface area contributed by atoms with Gasteiger partial charge < -0.3 is 15.4 Å². The van der Waals surface area contributed by atoms with Gasteiger partial charge in [0, 0.05) is 30.1 Å². The van der Waals surface area contributed by atoms with Gasteiger partial charge in [-0.2, -0.15) is 0 Å². The molecule has 1 fully saturated rings. The first-order valence-corrected chi connectivity index (χ1v) is 9.92. The SMILES string of the molecule is CCNC(=O)c1ccc2c(c1)C1(CCC(Oc3ccc(Cl)cn3)CC1)C(=O)N2. The van der Waals surface area contributed by atoms with Gasteiger partial charge in [0.1, 0.15) is 6.10 Å². The molecule has 1 aromatic carbocycles. The molecular weight excluding hydrogens is 378 g/mol. The van der Waals surface area contributed by atoms with Crippen LogP contribution in [0.2, 0.25) is 5.02 Å². The second-order valence-corrected chi connectivity index (χ2v) is 7.72. The Labute approximate surface area is 168 Å². The summed E-state index contributed by atoms with van der Waals surface area (Å²) < 4.78 is 5.96. The highest BCUT2D eigenvalue weighted by atomic mass is 35.5. The summed E-state index contributed by atoms with van der Waals surface area (Å²) in [6.45, 7) is 2.45. The molecule has 28 heavy (non-hydrogen) atoms. The van der Waals surface area contributed by atoms with Crippen LogP contribution >= 0.6 is 11.6 Å². The maximum atomic E-state index is 12.8. The van der Waals surface area contributed by atoms with E-state index < -0.39 is 5.41 Å². The molecule has 0 atom stereocenters. The van der Waals surface area contributed by atoms with Crippen molar-refractivity contribution in [2.75, 3.05) is 11.9 Å². The van der Waals surface area contributed by atoms with E-state index in [-0.39, 0.29) is 17.9 Å². The highest BCUT2D eigenvalue weighted by Gasteiger charge is 2.49. The molecule has 1 saturated carbocycles. The van der Waals surface area contributed by atoms with Crippen LogP contribution in [0.1, 0.15) is 48.5 Å². The molecular formula is C21H22ClN3O3. The number of rotatable bonds is 4. The summed E-state index contributed by atoms with van der Waals surface area (Å²) in [5, 5.41) is 6.37. The molecule has 0 unspecified atom stereocenters. The van der Waals surface area contributed by atoms with Gasteiger partial charge in [-0.25, -0.2) is 4.98 Å². The summed E-state index contributed by atoms with van der Waals surface area (Å²) in [6, 6.07) is 8.94. The summed E-state index contributed by atoms with van der Waals surface area (Å²) in [7, 11) is 0. The fourth-order valence-corrected chi connectivity index (χ4v) is 4.23. The number of pyridine rings is 1. The smallest absolute Gasteiger partial charge is 0.251 e. The largest absolute Gasteiger partial charge is 0.474 e. The number of fused-ring (bicyclic) bond motifs is 2. The minimum Gasteiger partial charge on any atom is -0.474 e. The molecule has 2 heterocycles. The lowest BCUT2D eigenvalue weighted by molar-refractivity contribution is -0.122. The van der Waals surface area contributed by atoms with Gasteiger partial charge in [0.2, 0.25) is 11.8 Å². The van der Waals surface area contributed by atoms with Gasteiger partial charge in [0.05, 0.1) is 10.4 Å². The minimum atomic E-state index is -0.592. The number of ether oxygens (including phenoxy) is 1. The molecule has 2 aliphatic rings. The third-order valence-corrected chi connectivity index (χ3v) is 5.81. The van der Waals surface area contributed by atoms with Crippen molar-refractivity contribution in [1.82, 2.24) is 10.3 Å². The van der Waals surface area contributed by atoms with Crippen molar-refractivity contribution in [3.63, 3.8) is 0 Å². The maximum absolute atomic E-state index is 12.8. The van der Waals surface area contributed by atoms with E-state index in [9.17, 15) is 9.59 Å². The molecule has 7 heteroatoms. The lowest BCUT2D eigenvalue weighted by Crippen LogP contribution is -2.41. The Kier molecular flexibility index (Phi) is 4.98. The molecule has 0 saturated heterocycles. The van der Waals surface area contributed by atoms with Crippen LogP contribution in [0.4, 0.5) is 5.69 Å². The Hall–Kier alpha value is -2.60. The molecule has 1 aliphatic carbocycles. The van der Waals surface area contributed by atoms with E-state index in [2.05, 4.69) is 15.6 Å². The quantitative estimate of drug-likeness (QED) is 0.821. The van der Waals surface area contributed by atoms with Gasteiger partial charge in [-0.05, 0) is 62.4 Å². The number of aromatic nitrogens is 1. The van der Waals surface area contributed by atoms with Gasteiger partial charge >= 0.3 is 0 Å². The highest BCUT2D eigenvalue weighted by molar-refractivity contribution is 6.30. The molecule has 6 nitrogen and oxygen atoms in total. The first-order chi connectivity index (χ1) is 13.5. The number of hydrogen-bond donors (Lipinski definition) is 2. The number of nitrogens with one attached hydrogen (secondary N) is 2. The van der Waals surface area contributed by atoms with Crippen molar-refractivity contribution in [2.45, 2.75) is 44.1 Å². The fraction of sp³-hybridized carbons (Fsp3) is 0.381. The second kappa shape index (κ2) is 7.43. The van der Waals surface area contributed by atoms with Gasteiger partial charge in [-0.3, -0.25) is 9.59 Å². The van der Waals surface area contributed by atoms with Crippen molar-refractivity contribution in [2.24, 2.45) is 0 Å². The number of hydrogen-bond acceptors (Lipinski definition) is 4. The van der Waals surface area contributed by atoms with Crippen molar-refractivity contribution < 1.29 is 14.3 Å². The van der Waals surface area contributed by atoms with Crippen LogP contribution < -0.4 is 15.4 Å². The van der Waals surface area contributed by atoms with Crippen molar-refractivity contribution in [3.8, 4) is 5.88 Å². The maximum Gasteiger partial charge on any atom is 0.251 e. The Bertz CT molecular complexity index is 906. The zero-order valence-electron chi connectivity index (χ0n) is 15.6. The number of nitrogens with zero attached hydrogens (tertiary/aromatic N) is 1. The van der Waals surface area contributed by atoms with Crippen LogP contribution in [-0.2, 0) is 10.2 Å². The first kappa shape index (κ1) is 18.7. The molecule has 0 bridgehead atoms. The average Bonchev–Trinajstić information content (AvgIpc) is 2.96. The predicted molar refractivity (Wildman–Crippen MR) is 107 cm³/mol. The van der Waals surface area contributed by atoms with Crippen LogP contribution in [0.3, 0.4) is 0 Å². The fourth-order valence-electron chi connectivity index (χ4n) is 4.12. The van der Waals surface area contributed by atoms with Gasteiger partial charge in [-0.1, -0.05) is 11.6 Å². The van der Waals surface area contributed by atoms with Crippen molar-refractivity contribution >= 4 is 29.1 Å².